The second-order valence-electron chi connectivity index (χ2n) is 9.18. The van der Waals surface area contributed by atoms with Crippen LogP contribution in [0.5, 0.6) is 5.75 Å². The number of piperidine rings is 1. The number of furan rings is 1. The van der Waals surface area contributed by atoms with E-state index in [0.717, 1.165) is 30.4 Å². The molecule has 2 heterocycles. The van der Waals surface area contributed by atoms with E-state index < -0.39 is 10.0 Å². The van der Waals surface area contributed by atoms with Crippen molar-refractivity contribution in [1.29, 1.82) is 0 Å². The van der Waals surface area contributed by atoms with Crippen molar-refractivity contribution in [2.75, 3.05) is 40.3 Å². The third-order valence-corrected chi connectivity index (χ3v) is 8.37. The van der Waals surface area contributed by atoms with Crippen LogP contribution in [0, 0.1) is 13.8 Å². The smallest absolute Gasteiger partial charge is 0.275 e. The first-order valence-corrected chi connectivity index (χ1v) is 13.1. The van der Waals surface area contributed by atoms with Crippen LogP contribution in [-0.4, -0.2) is 58.0 Å². The number of rotatable bonds is 8. The maximum atomic E-state index is 12.4. The normalized spacial score (nSPS) is 16.0. The first-order chi connectivity index (χ1) is 15.8. The number of fused-ring (bicyclic) bond motifs is 1. The summed E-state index contributed by atoms with van der Waals surface area (Å²) in [5.74, 6) is 1.31. The van der Waals surface area contributed by atoms with Gasteiger partial charge in [-0.1, -0.05) is 24.3 Å². The highest BCUT2D eigenvalue weighted by Gasteiger charge is 2.24. The number of hydrogen-bond acceptors (Lipinski definition) is 5. The Morgan fingerprint density at radius 1 is 1.06 bits per heavy atom. The van der Waals surface area contributed by atoms with E-state index in [9.17, 15) is 8.42 Å². The van der Waals surface area contributed by atoms with Crippen molar-refractivity contribution >= 4 is 21.0 Å². The average molecular weight is 471 g/mol. The van der Waals surface area contributed by atoms with E-state index in [2.05, 4.69) is 36.9 Å². The van der Waals surface area contributed by atoms with Crippen molar-refractivity contribution in [3.63, 3.8) is 0 Å². The number of hydrogen-bond donors (Lipinski definition) is 0. The van der Waals surface area contributed by atoms with Crippen LogP contribution in [-0.2, 0) is 10.0 Å². The van der Waals surface area contributed by atoms with E-state index in [4.69, 9.17) is 9.15 Å². The van der Waals surface area contributed by atoms with Gasteiger partial charge in [-0.25, -0.2) is 12.7 Å². The zero-order valence-corrected chi connectivity index (χ0v) is 20.8. The molecule has 0 amide bonds. The molecular formula is C26H34N2O4S. The van der Waals surface area contributed by atoms with E-state index >= 15 is 0 Å². The molecule has 0 radical (unpaired) electrons. The van der Waals surface area contributed by atoms with Crippen LogP contribution in [0.4, 0.5) is 0 Å². The van der Waals surface area contributed by atoms with Gasteiger partial charge in [0.25, 0.3) is 10.0 Å². The van der Waals surface area contributed by atoms with Crippen molar-refractivity contribution in [2.24, 2.45) is 0 Å². The summed E-state index contributed by atoms with van der Waals surface area (Å²) in [6.45, 7) is 8.17. The lowest BCUT2D eigenvalue weighted by Gasteiger charge is -2.32. The first kappa shape index (κ1) is 23.8. The fourth-order valence-electron chi connectivity index (χ4n) is 4.42. The summed E-state index contributed by atoms with van der Waals surface area (Å²) in [5, 5.41) is 0.623. The Morgan fingerprint density at radius 2 is 1.82 bits per heavy atom. The molecule has 0 N–H and O–H groups in total. The largest absolute Gasteiger partial charge is 0.493 e. The molecule has 0 spiro atoms. The van der Waals surface area contributed by atoms with E-state index in [1.54, 1.807) is 12.1 Å². The zero-order valence-electron chi connectivity index (χ0n) is 20.0. The van der Waals surface area contributed by atoms with Crippen molar-refractivity contribution in [3.05, 3.63) is 59.2 Å². The minimum atomic E-state index is -3.62. The lowest BCUT2D eigenvalue weighted by Crippen LogP contribution is -2.34. The standard InChI is InChI=1S/C26H34N2O4S/c1-19-9-10-22(17-20(19)2)21-11-14-28(15-12-21)13-6-16-31-24-7-5-8-25-23(24)18-26(32-25)33(29,30)27(3)4/h5,7-10,17-18,21H,6,11-16H2,1-4H3. The molecule has 0 aliphatic carbocycles. The summed E-state index contributed by atoms with van der Waals surface area (Å²) in [5.41, 5.74) is 4.73. The van der Waals surface area contributed by atoms with Gasteiger partial charge in [0.05, 0.1) is 12.0 Å². The molecule has 0 unspecified atom stereocenters. The highest BCUT2D eigenvalue weighted by atomic mass is 32.2. The molecule has 0 saturated carbocycles. The Balaban J connectivity index is 1.28. The molecule has 6 nitrogen and oxygen atoms in total. The molecule has 2 aromatic carbocycles. The molecular weight excluding hydrogens is 436 g/mol. The van der Waals surface area contributed by atoms with E-state index in [1.807, 2.05) is 12.1 Å². The number of aryl methyl sites for hydroxylation is 2. The summed E-state index contributed by atoms with van der Waals surface area (Å²) in [4.78, 5) is 2.51. The second kappa shape index (κ2) is 9.87. The molecule has 1 saturated heterocycles. The Labute approximate surface area is 197 Å². The third-order valence-electron chi connectivity index (χ3n) is 6.70. The first-order valence-electron chi connectivity index (χ1n) is 11.6. The van der Waals surface area contributed by atoms with Gasteiger partial charge in [-0.3, -0.25) is 0 Å². The average Bonchev–Trinajstić information content (AvgIpc) is 3.25. The molecule has 0 atom stereocenters. The quantitative estimate of drug-likeness (QED) is 0.436. The van der Waals surface area contributed by atoms with Gasteiger partial charge in [0, 0.05) is 26.7 Å². The molecule has 1 aliphatic heterocycles. The SMILES string of the molecule is Cc1ccc(C2CCN(CCCOc3cccc4oc(S(=O)(=O)N(C)C)cc34)CC2)cc1C. The van der Waals surface area contributed by atoms with E-state index in [-0.39, 0.29) is 5.09 Å². The van der Waals surface area contributed by atoms with Crippen LogP contribution < -0.4 is 4.74 Å². The van der Waals surface area contributed by atoms with Crippen LogP contribution in [0.1, 0.15) is 41.9 Å². The molecule has 7 heteroatoms. The van der Waals surface area contributed by atoms with Gasteiger partial charge in [-0.2, -0.15) is 0 Å². The number of nitrogens with zero attached hydrogens (tertiary/aromatic N) is 2. The lowest BCUT2D eigenvalue weighted by atomic mass is 9.88. The van der Waals surface area contributed by atoms with Crippen molar-refractivity contribution in [2.45, 2.75) is 44.1 Å². The van der Waals surface area contributed by atoms with E-state index in [1.165, 1.54) is 43.6 Å². The predicted octanol–water partition coefficient (Wildman–Crippen LogP) is 4.95. The Kier molecular flexibility index (Phi) is 7.12. The lowest BCUT2D eigenvalue weighted by molar-refractivity contribution is 0.193. The summed E-state index contributed by atoms with van der Waals surface area (Å²) < 4.78 is 37.5. The minimum absolute atomic E-state index is 0.0646. The number of ether oxygens (including phenoxy) is 1. The van der Waals surface area contributed by atoms with Gasteiger partial charge >= 0.3 is 0 Å². The molecule has 1 aromatic heterocycles. The summed E-state index contributed by atoms with van der Waals surface area (Å²) in [6.07, 6.45) is 3.31. The van der Waals surface area contributed by atoms with Gasteiger partial charge in [0.2, 0.25) is 5.09 Å². The van der Waals surface area contributed by atoms with Crippen LogP contribution in [0.3, 0.4) is 0 Å². The zero-order chi connectivity index (χ0) is 23.6. The fraction of sp³-hybridized carbons (Fsp3) is 0.462. The van der Waals surface area contributed by atoms with Gasteiger partial charge in [-0.05, 0) is 80.9 Å². The highest BCUT2D eigenvalue weighted by Crippen LogP contribution is 2.32. The molecule has 33 heavy (non-hydrogen) atoms. The van der Waals surface area contributed by atoms with Crippen LogP contribution in [0.2, 0.25) is 0 Å². The number of benzene rings is 2. The van der Waals surface area contributed by atoms with E-state index in [0.29, 0.717) is 29.2 Å². The molecule has 3 aromatic rings. The Bertz CT molecular complexity index is 1210. The Hall–Kier alpha value is -2.35. The molecule has 4 rings (SSSR count). The molecule has 0 bridgehead atoms. The molecule has 1 aliphatic rings. The van der Waals surface area contributed by atoms with Crippen molar-refractivity contribution in [3.8, 4) is 5.75 Å². The summed E-state index contributed by atoms with van der Waals surface area (Å²) >= 11 is 0. The second-order valence-corrected chi connectivity index (χ2v) is 11.3. The van der Waals surface area contributed by atoms with Crippen molar-refractivity contribution in [1.82, 2.24) is 9.21 Å². The van der Waals surface area contributed by atoms with Gasteiger partial charge in [-0.15, -0.1) is 0 Å². The van der Waals surface area contributed by atoms with Gasteiger partial charge in [0.1, 0.15) is 11.3 Å². The summed E-state index contributed by atoms with van der Waals surface area (Å²) in [6, 6.07) is 13.9. The maximum absolute atomic E-state index is 12.4. The number of likely N-dealkylation sites (tertiary alicyclic amines) is 1. The van der Waals surface area contributed by atoms with Crippen LogP contribution in [0.15, 0.2) is 52.0 Å². The molecule has 1 fully saturated rings. The van der Waals surface area contributed by atoms with Crippen LogP contribution >= 0.6 is 0 Å². The number of sulfonamides is 1. The maximum Gasteiger partial charge on any atom is 0.275 e. The molecule has 178 valence electrons. The van der Waals surface area contributed by atoms with Gasteiger partial charge < -0.3 is 14.1 Å². The summed E-state index contributed by atoms with van der Waals surface area (Å²) in [7, 11) is -0.639. The monoisotopic (exact) mass is 470 g/mol. The van der Waals surface area contributed by atoms with Gasteiger partial charge in [0.15, 0.2) is 0 Å². The highest BCUT2D eigenvalue weighted by molar-refractivity contribution is 7.89. The third kappa shape index (κ3) is 5.26. The topological polar surface area (TPSA) is 63.0 Å². The van der Waals surface area contributed by atoms with Crippen molar-refractivity contribution < 1.29 is 17.6 Å². The Morgan fingerprint density at radius 3 is 2.52 bits per heavy atom. The predicted molar refractivity (Wildman–Crippen MR) is 132 cm³/mol. The minimum Gasteiger partial charge on any atom is -0.493 e. The fourth-order valence-corrected chi connectivity index (χ4v) is 5.24. The van der Waals surface area contributed by atoms with Crippen LogP contribution in [0.25, 0.3) is 11.0 Å².